The maximum absolute atomic E-state index is 13.0. The van der Waals surface area contributed by atoms with Crippen LogP contribution in [0.25, 0.3) is 5.76 Å². The van der Waals surface area contributed by atoms with Crippen molar-refractivity contribution in [2.75, 3.05) is 40.9 Å². The molecule has 1 fully saturated rings. The fourth-order valence-corrected chi connectivity index (χ4v) is 3.68. The van der Waals surface area contributed by atoms with Gasteiger partial charge in [-0.3, -0.25) is 9.59 Å². The Labute approximate surface area is 182 Å². The third-order valence-corrected chi connectivity index (χ3v) is 5.24. The maximum atomic E-state index is 13.0. The number of methoxy groups -OCH3 is 1. The van der Waals surface area contributed by atoms with E-state index in [0.717, 1.165) is 4.90 Å². The number of quaternary nitrogens is 1. The highest BCUT2D eigenvalue weighted by atomic mass is 16.5. The fourth-order valence-electron chi connectivity index (χ4n) is 3.68. The van der Waals surface area contributed by atoms with Crippen molar-refractivity contribution in [2.45, 2.75) is 13.0 Å². The first-order valence-electron chi connectivity index (χ1n) is 10.3. The van der Waals surface area contributed by atoms with Gasteiger partial charge in [-0.1, -0.05) is 36.4 Å². The van der Waals surface area contributed by atoms with E-state index >= 15 is 0 Å². The van der Waals surface area contributed by atoms with Crippen LogP contribution in [-0.4, -0.2) is 62.6 Å². The van der Waals surface area contributed by atoms with Gasteiger partial charge < -0.3 is 24.4 Å². The summed E-state index contributed by atoms with van der Waals surface area (Å²) < 4.78 is 11.1. The number of Topliss-reactive ketones (excluding diaryl/α,β-unsaturated/α-hetero) is 1. The topological polar surface area (TPSA) is 80.5 Å². The van der Waals surface area contributed by atoms with Gasteiger partial charge in [-0.05, 0) is 24.6 Å². The molecule has 2 aromatic rings. The third kappa shape index (κ3) is 4.56. The molecule has 0 unspecified atom stereocenters. The number of likely N-dealkylation sites (tertiary alicyclic amines) is 1. The number of nitrogens with zero attached hydrogens (tertiary/aromatic N) is 1. The van der Waals surface area contributed by atoms with Crippen LogP contribution in [0.4, 0.5) is 0 Å². The largest absolute Gasteiger partial charge is 0.507 e. The molecule has 1 aliphatic rings. The predicted molar refractivity (Wildman–Crippen MR) is 117 cm³/mol. The fraction of sp³-hybridized carbons (Fsp3) is 0.333. The Morgan fingerprint density at radius 2 is 1.81 bits per heavy atom. The molecule has 2 N–H and O–H groups in total. The zero-order chi connectivity index (χ0) is 22.5. The lowest BCUT2D eigenvalue weighted by molar-refractivity contribution is -0.857. The summed E-state index contributed by atoms with van der Waals surface area (Å²) in [4.78, 5) is 28.6. The molecule has 164 valence electrons. The van der Waals surface area contributed by atoms with E-state index in [1.165, 1.54) is 12.0 Å². The number of carbonyl (C=O) groups is 2. The number of benzene rings is 2. The predicted octanol–water partition coefficient (Wildman–Crippen LogP) is 1.66. The monoisotopic (exact) mass is 425 g/mol. The average molecular weight is 426 g/mol. The highest BCUT2D eigenvalue weighted by molar-refractivity contribution is 6.46. The molecule has 2 aromatic carbocycles. The number of amides is 1. The van der Waals surface area contributed by atoms with Gasteiger partial charge in [-0.2, -0.15) is 0 Å². The summed E-state index contributed by atoms with van der Waals surface area (Å²) in [7, 11) is 5.50. The zero-order valence-electron chi connectivity index (χ0n) is 18.3. The Morgan fingerprint density at radius 3 is 2.42 bits per heavy atom. The van der Waals surface area contributed by atoms with E-state index in [-0.39, 0.29) is 11.3 Å². The van der Waals surface area contributed by atoms with Gasteiger partial charge in [0.2, 0.25) is 0 Å². The number of aliphatic hydroxyl groups is 1. The highest BCUT2D eigenvalue weighted by Crippen LogP contribution is 2.41. The molecule has 1 amide bonds. The number of hydrogen-bond acceptors (Lipinski definition) is 5. The molecule has 0 radical (unpaired) electrons. The number of aliphatic hydroxyl groups excluding tert-OH is 1. The number of ether oxygens (including phenoxy) is 2. The van der Waals surface area contributed by atoms with Crippen LogP contribution < -0.4 is 14.4 Å². The van der Waals surface area contributed by atoms with Gasteiger partial charge in [0.25, 0.3) is 11.7 Å². The van der Waals surface area contributed by atoms with Crippen LogP contribution in [-0.2, 0) is 9.59 Å². The molecule has 1 saturated heterocycles. The molecule has 7 nitrogen and oxygen atoms in total. The van der Waals surface area contributed by atoms with E-state index in [1.807, 2.05) is 27.1 Å². The van der Waals surface area contributed by atoms with Gasteiger partial charge in [0, 0.05) is 5.56 Å². The van der Waals surface area contributed by atoms with E-state index < -0.39 is 17.7 Å². The summed E-state index contributed by atoms with van der Waals surface area (Å²) in [6, 6.07) is 13.4. The van der Waals surface area contributed by atoms with Crippen LogP contribution >= 0.6 is 0 Å². The second-order valence-corrected chi connectivity index (χ2v) is 7.66. The summed E-state index contributed by atoms with van der Waals surface area (Å²) >= 11 is 0. The normalized spacial score (nSPS) is 18.0. The van der Waals surface area contributed by atoms with Gasteiger partial charge >= 0.3 is 0 Å². The summed E-state index contributed by atoms with van der Waals surface area (Å²) in [5.41, 5.74) is 1.24. The van der Waals surface area contributed by atoms with Crippen molar-refractivity contribution in [2.24, 2.45) is 0 Å². The standard InChI is InChI=1S/C24H28N2O5/c1-5-31-18-12-11-17(15-19(18)30-4)21-20(22(27)16-9-7-6-8-10-16)23(28)24(29)26(21)14-13-25(2)3/h6-12,15,21,27H,5,13-14H2,1-4H3/p+1/t21-/m1/s1. The number of ketones is 1. The molecule has 0 bridgehead atoms. The first kappa shape index (κ1) is 22.4. The van der Waals surface area contributed by atoms with Crippen molar-refractivity contribution in [1.82, 2.24) is 4.90 Å². The van der Waals surface area contributed by atoms with Crippen LogP contribution in [0.5, 0.6) is 11.5 Å². The Hall–Kier alpha value is -3.32. The molecule has 31 heavy (non-hydrogen) atoms. The first-order chi connectivity index (χ1) is 14.9. The molecular weight excluding hydrogens is 396 g/mol. The van der Waals surface area contributed by atoms with Crippen molar-refractivity contribution < 1.29 is 29.1 Å². The zero-order valence-corrected chi connectivity index (χ0v) is 18.3. The van der Waals surface area contributed by atoms with Gasteiger partial charge in [0.05, 0.1) is 52.5 Å². The molecule has 0 saturated carbocycles. The molecule has 1 heterocycles. The van der Waals surface area contributed by atoms with Gasteiger partial charge in [0.1, 0.15) is 5.76 Å². The van der Waals surface area contributed by atoms with Crippen LogP contribution in [0.15, 0.2) is 54.1 Å². The quantitative estimate of drug-likeness (QED) is 0.382. The number of carbonyl (C=O) groups excluding carboxylic acids is 2. The minimum absolute atomic E-state index is 0.0798. The van der Waals surface area contributed by atoms with Gasteiger partial charge in [-0.25, -0.2) is 0 Å². The lowest BCUT2D eigenvalue weighted by Gasteiger charge is -2.26. The van der Waals surface area contributed by atoms with E-state index in [1.54, 1.807) is 42.5 Å². The van der Waals surface area contributed by atoms with Crippen LogP contribution in [0, 0.1) is 0 Å². The number of likely N-dealkylation sites (N-methyl/N-ethyl adjacent to an activating group) is 1. The SMILES string of the molecule is CCOc1ccc([C@@H]2C(=C(O)c3ccccc3)C(=O)C(=O)N2CC[NH+](C)C)cc1OC. The molecule has 1 aliphatic heterocycles. The Morgan fingerprint density at radius 1 is 1.10 bits per heavy atom. The smallest absolute Gasteiger partial charge is 0.295 e. The van der Waals surface area contributed by atoms with Crippen molar-refractivity contribution in [3.8, 4) is 11.5 Å². The summed E-state index contributed by atoms with van der Waals surface area (Å²) in [5, 5.41) is 11.0. The summed E-state index contributed by atoms with van der Waals surface area (Å²) in [6.45, 7) is 3.39. The van der Waals surface area contributed by atoms with Gasteiger partial charge in [0.15, 0.2) is 11.5 Å². The highest BCUT2D eigenvalue weighted by Gasteiger charge is 2.46. The molecule has 7 heteroatoms. The van der Waals surface area contributed by atoms with Crippen molar-refractivity contribution in [1.29, 1.82) is 0 Å². The number of hydrogen-bond donors (Lipinski definition) is 2. The van der Waals surface area contributed by atoms with Gasteiger partial charge in [-0.15, -0.1) is 0 Å². The molecule has 3 rings (SSSR count). The molecule has 0 aliphatic carbocycles. The van der Waals surface area contributed by atoms with Crippen LogP contribution in [0.3, 0.4) is 0 Å². The third-order valence-electron chi connectivity index (χ3n) is 5.24. The lowest BCUT2D eigenvalue weighted by atomic mass is 9.95. The number of rotatable bonds is 8. The second kappa shape index (κ2) is 9.66. The van der Waals surface area contributed by atoms with E-state index in [9.17, 15) is 14.7 Å². The van der Waals surface area contributed by atoms with Crippen molar-refractivity contribution >= 4 is 17.4 Å². The number of nitrogens with one attached hydrogen (secondary N) is 1. The molecule has 0 spiro atoms. The maximum Gasteiger partial charge on any atom is 0.295 e. The van der Waals surface area contributed by atoms with E-state index in [2.05, 4.69) is 0 Å². The summed E-state index contributed by atoms with van der Waals surface area (Å²) in [5.74, 6) is -0.407. The minimum atomic E-state index is -0.718. The Bertz CT molecular complexity index is 985. The molecular formula is C24H29N2O5+. The van der Waals surface area contributed by atoms with Crippen molar-refractivity contribution in [3.05, 3.63) is 65.2 Å². The molecule has 1 atom stereocenters. The Kier molecular flexibility index (Phi) is 6.97. The second-order valence-electron chi connectivity index (χ2n) is 7.66. The average Bonchev–Trinajstić information content (AvgIpc) is 3.03. The molecule has 0 aromatic heterocycles. The van der Waals surface area contributed by atoms with E-state index in [0.29, 0.717) is 42.3 Å². The van der Waals surface area contributed by atoms with E-state index in [4.69, 9.17) is 9.47 Å². The van der Waals surface area contributed by atoms with Crippen LogP contribution in [0.1, 0.15) is 24.1 Å². The van der Waals surface area contributed by atoms with Crippen molar-refractivity contribution in [3.63, 3.8) is 0 Å². The van der Waals surface area contributed by atoms with Crippen LogP contribution in [0.2, 0.25) is 0 Å². The summed E-state index contributed by atoms with van der Waals surface area (Å²) in [6.07, 6.45) is 0. The minimum Gasteiger partial charge on any atom is -0.507 e. The lowest BCUT2D eigenvalue weighted by Crippen LogP contribution is -3.06. The Balaban J connectivity index is 2.16. The first-order valence-corrected chi connectivity index (χ1v) is 10.3.